The number of piperidine rings is 1. The number of benzene rings is 1. The van der Waals surface area contributed by atoms with Crippen LogP contribution in [0.15, 0.2) is 24.3 Å². The highest BCUT2D eigenvalue weighted by Crippen LogP contribution is 2.18. The van der Waals surface area contributed by atoms with Crippen molar-refractivity contribution in [1.82, 2.24) is 4.90 Å². The van der Waals surface area contributed by atoms with Crippen LogP contribution in [-0.4, -0.2) is 37.0 Å². The number of carbonyl (C=O) groups is 1. The van der Waals surface area contributed by atoms with Gasteiger partial charge >= 0.3 is 0 Å². The molecule has 1 heterocycles. The first-order valence-corrected chi connectivity index (χ1v) is 5.90. The summed E-state index contributed by atoms with van der Waals surface area (Å²) >= 11 is 0. The van der Waals surface area contributed by atoms with Crippen molar-refractivity contribution in [2.24, 2.45) is 5.73 Å². The monoisotopic (exact) mass is 234 g/mol. The summed E-state index contributed by atoms with van der Waals surface area (Å²) in [6, 6.07) is 7.01. The molecule has 0 spiro atoms. The van der Waals surface area contributed by atoms with Gasteiger partial charge in [0.2, 0.25) is 5.91 Å². The Bertz CT molecular complexity index is 381. The lowest BCUT2D eigenvalue weighted by Crippen LogP contribution is -2.35. The Morgan fingerprint density at radius 2 is 1.88 bits per heavy atom. The highest BCUT2D eigenvalue weighted by Gasteiger charge is 2.17. The molecule has 0 saturated carbocycles. The van der Waals surface area contributed by atoms with Crippen LogP contribution >= 0.6 is 0 Å². The van der Waals surface area contributed by atoms with E-state index in [1.807, 2.05) is 0 Å². The molecule has 0 atom stereocenters. The number of primary amides is 1. The second kappa shape index (κ2) is 5.19. The van der Waals surface area contributed by atoms with Crippen LogP contribution in [0.2, 0.25) is 0 Å². The maximum atomic E-state index is 10.9. The first-order chi connectivity index (χ1) is 8.15. The Hall–Kier alpha value is -1.55. The normalized spacial score (nSPS) is 17.9. The molecule has 92 valence electrons. The van der Waals surface area contributed by atoms with E-state index in [2.05, 4.69) is 11.9 Å². The SMILES string of the molecule is CN1CCC(Oc2ccc(C(N)=O)cc2)CC1. The second-order valence-corrected chi connectivity index (χ2v) is 4.51. The van der Waals surface area contributed by atoms with Crippen molar-refractivity contribution in [2.75, 3.05) is 20.1 Å². The molecular formula is C13H18N2O2. The van der Waals surface area contributed by atoms with Gasteiger partial charge in [-0.05, 0) is 44.2 Å². The minimum Gasteiger partial charge on any atom is -0.490 e. The summed E-state index contributed by atoms with van der Waals surface area (Å²) in [7, 11) is 2.12. The van der Waals surface area contributed by atoms with Gasteiger partial charge < -0.3 is 15.4 Å². The van der Waals surface area contributed by atoms with E-state index in [1.54, 1.807) is 24.3 Å². The number of hydrogen-bond acceptors (Lipinski definition) is 3. The van der Waals surface area contributed by atoms with Crippen LogP contribution in [0.1, 0.15) is 23.2 Å². The molecule has 4 heteroatoms. The van der Waals surface area contributed by atoms with E-state index in [1.165, 1.54) is 0 Å². The average molecular weight is 234 g/mol. The molecule has 1 aliphatic rings. The third-order valence-electron chi connectivity index (χ3n) is 3.11. The topological polar surface area (TPSA) is 55.6 Å². The predicted octanol–water partition coefficient (Wildman–Crippen LogP) is 1.26. The number of hydrogen-bond donors (Lipinski definition) is 1. The van der Waals surface area contributed by atoms with Gasteiger partial charge in [-0.3, -0.25) is 4.79 Å². The van der Waals surface area contributed by atoms with Crippen LogP contribution in [0.25, 0.3) is 0 Å². The Labute approximate surface area is 101 Å². The van der Waals surface area contributed by atoms with Gasteiger partial charge in [0.15, 0.2) is 0 Å². The molecule has 17 heavy (non-hydrogen) atoms. The molecule has 1 aliphatic heterocycles. The van der Waals surface area contributed by atoms with Crippen molar-refractivity contribution in [2.45, 2.75) is 18.9 Å². The largest absolute Gasteiger partial charge is 0.490 e. The number of nitrogens with zero attached hydrogens (tertiary/aromatic N) is 1. The zero-order chi connectivity index (χ0) is 12.3. The molecule has 0 unspecified atom stereocenters. The number of amides is 1. The summed E-state index contributed by atoms with van der Waals surface area (Å²) in [4.78, 5) is 13.2. The molecule has 1 saturated heterocycles. The molecule has 0 aromatic heterocycles. The number of nitrogens with two attached hydrogens (primary N) is 1. The smallest absolute Gasteiger partial charge is 0.248 e. The van der Waals surface area contributed by atoms with Gasteiger partial charge in [0.05, 0.1) is 0 Å². The number of rotatable bonds is 3. The van der Waals surface area contributed by atoms with Crippen LogP contribution in [0.4, 0.5) is 0 Å². The highest BCUT2D eigenvalue weighted by atomic mass is 16.5. The Morgan fingerprint density at radius 1 is 1.29 bits per heavy atom. The summed E-state index contributed by atoms with van der Waals surface area (Å²) in [5, 5.41) is 0. The molecule has 1 fully saturated rings. The van der Waals surface area contributed by atoms with Crippen LogP contribution < -0.4 is 10.5 Å². The van der Waals surface area contributed by atoms with Crippen LogP contribution in [0.5, 0.6) is 5.75 Å². The van der Waals surface area contributed by atoms with Crippen molar-refractivity contribution >= 4 is 5.91 Å². The van der Waals surface area contributed by atoms with Gasteiger partial charge in [-0.25, -0.2) is 0 Å². The van der Waals surface area contributed by atoms with Gasteiger partial charge in [-0.2, -0.15) is 0 Å². The first-order valence-electron chi connectivity index (χ1n) is 5.90. The molecular weight excluding hydrogens is 216 g/mol. The summed E-state index contributed by atoms with van der Waals surface area (Å²) < 4.78 is 5.86. The van der Waals surface area contributed by atoms with Gasteiger partial charge in [0, 0.05) is 18.7 Å². The molecule has 0 radical (unpaired) electrons. The first kappa shape index (κ1) is 11.9. The quantitative estimate of drug-likeness (QED) is 0.856. The van der Waals surface area contributed by atoms with Crippen molar-refractivity contribution < 1.29 is 9.53 Å². The van der Waals surface area contributed by atoms with E-state index >= 15 is 0 Å². The fourth-order valence-electron chi connectivity index (χ4n) is 1.99. The van der Waals surface area contributed by atoms with Gasteiger partial charge in [0.1, 0.15) is 11.9 Å². The molecule has 0 aliphatic carbocycles. The zero-order valence-electron chi connectivity index (χ0n) is 10.1. The molecule has 2 rings (SSSR count). The van der Waals surface area contributed by atoms with E-state index in [0.717, 1.165) is 31.7 Å². The van der Waals surface area contributed by atoms with Crippen LogP contribution in [0, 0.1) is 0 Å². The van der Waals surface area contributed by atoms with E-state index < -0.39 is 5.91 Å². The van der Waals surface area contributed by atoms with Crippen molar-refractivity contribution in [3.05, 3.63) is 29.8 Å². The summed E-state index contributed by atoms with van der Waals surface area (Å²) in [6.07, 6.45) is 2.38. The highest BCUT2D eigenvalue weighted by molar-refractivity contribution is 5.92. The van der Waals surface area contributed by atoms with Crippen molar-refractivity contribution in [3.8, 4) is 5.75 Å². The minimum atomic E-state index is -0.407. The third-order valence-corrected chi connectivity index (χ3v) is 3.11. The van der Waals surface area contributed by atoms with E-state index in [4.69, 9.17) is 10.5 Å². The molecule has 4 nitrogen and oxygen atoms in total. The lowest BCUT2D eigenvalue weighted by Gasteiger charge is -2.29. The number of likely N-dealkylation sites (tertiary alicyclic amines) is 1. The van der Waals surface area contributed by atoms with Crippen molar-refractivity contribution in [3.63, 3.8) is 0 Å². The second-order valence-electron chi connectivity index (χ2n) is 4.51. The Morgan fingerprint density at radius 3 is 2.41 bits per heavy atom. The third kappa shape index (κ3) is 3.20. The van der Waals surface area contributed by atoms with Gasteiger partial charge in [-0.15, -0.1) is 0 Å². The maximum Gasteiger partial charge on any atom is 0.248 e. The van der Waals surface area contributed by atoms with Gasteiger partial charge in [-0.1, -0.05) is 0 Å². The van der Waals surface area contributed by atoms with Crippen LogP contribution in [0.3, 0.4) is 0 Å². The van der Waals surface area contributed by atoms with Crippen LogP contribution in [-0.2, 0) is 0 Å². The molecule has 0 bridgehead atoms. The fourth-order valence-corrected chi connectivity index (χ4v) is 1.99. The van der Waals surface area contributed by atoms with Crippen molar-refractivity contribution in [1.29, 1.82) is 0 Å². The minimum absolute atomic E-state index is 0.283. The van der Waals surface area contributed by atoms with E-state index in [-0.39, 0.29) is 6.10 Å². The molecule has 1 aromatic rings. The molecule has 1 aromatic carbocycles. The zero-order valence-corrected chi connectivity index (χ0v) is 10.1. The Balaban J connectivity index is 1.92. The fraction of sp³-hybridized carbons (Fsp3) is 0.462. The standard InChI is InChI=1S/C13H18N2O2/c1-15-8-6-12(7-9-15)17-11-4-2-10(3-5-11)13(14)16/h2-5,12H,6-9H2,1H3,(H2,14,16). The lowest BCUT2D eigenvalue weighted by molar-refractivity contribution is 0.1000. The lowest BCUT2D eigenvalue weighted by atomic mass is 10.1. The average Bonchev–Trinajstić information content (AvgIpc) is 2.33. The molecule has 2 N–H and O–H groups in total. The van der Waals surface area contributed by atoms with E-state index in [0.29, 0.717) is 5.56 Å². The summed E-state index contributed by atoms with van der Waals surface area (Å²) in [5.74, 6) is 0.403. The summed E-state index contributed by atoms with van der Waals surface area (Å²) in [6.45, 7) is 2.15. The predicted molar refractivity (Wildman–Crippen MR) is 66.1 cm³/mol. The maximum absolute atomic E-state index is 10.9. The number of carbonyl (C=O) groups excluding carboxylic acids is 1. The Kier molecular flexibility index (Phi) is 3.64. The summed E-state index contributed by atoms with van der Waals surface area (Å²) in [5.41, 5.74) is 5.69. The van der Waals surface area contributed by atoms with E-state index in [9.17, 15) is 4.79 Å². The number of ether oxygens (including phenoxy) is 1. The molecule has 1 amide bonds. The van der Waals surface area contributed by atoms with Gasteiger partial charge in [0.25, 0.3) is 0 Å².